The van der Waals surface area contributed by atoms with E-state index < -0.39 is 11.0 Å². The van der Waals surface area contributed by atoms with Crippen molar-refractivity contribution in [2.24, 2.45) is 4.40 Å². The fraction of sp³-hybridized carbons (Fsp3) is 0.250. The lowest BCUT2D eigenvalue weighted by Gasteiger charge is -1.82. The Morgan fingerprint density at radius 1 is 2.00 bits per heavy atom. The molecule has 0 N–H and O–H groups in total. The van der Waals surface area contributed by atoms with E-state index in [1.165, 1.54) is 0 Å². The summed E-state index contributed by atoms with van der Waals surface area (Å²) in [5.41, 5.74) is 0.860. The van der Waals surface area contributed by atoms with Crippen molar-refractivity contribution < 1.29 is 4.21 Å². The van der Waals surface area contributed by atoms with Crippen LogP contribution in [0.2, 0.25) is 0 Å². The second kappa shape index (κ2) is 1.58. The maximum atomic E-state index is 10.3. The van der Waals surface area contributed by atoms with Crippen molar-refractivity contribution >= 4 is 17.2 Å². The largest absolute Gasteiger partial charge is 0.315 e. The van der Waals surface area contributed by atoms with Crippen LogP contribution in [0.15, 0.2) is 15.4 Å². The molecule has 0 radical (unpaired) electrons. The van der Waals surface area contributed by atoms with Gasteiger partial charge in [0, 0.05) is 0 Å². The first-order chi connectivity index (χ1) is 3.29. The molecule has 0 saturated heterocycles. The third-order valence-corrected chi connectivity index (χ3v) is 1.42. The van der Waals surface area contributed by atoms with E-state index in [-0.39, 0.29) is 0 Å². The smallest absolute Gasteiger partial charge is 0.0607 e. The Kier molecular flexibility index (Phi) is 1.06. The first-order valence-electron chi connectivity index (χ1n) is 1.85. The zero-order chi connectivity index (χ0) is 5.28. The van der Waals surface area contributed by atoms with Crippen LogP contribution in [0.5, 0.6) is 0 Å². The second-order valence-corrected chi connectivity index (χ2v) is 2.25. The summed E-state index contributed by atoms with van der Waals surface area (Å²) >= 11 is 0. The average Bonchev–Trinajstić information content (AvgIpc) is 1.87. The molecule has 1 rings (SSSR count). The lowest BCUT2D eigenvalue weighted by molar-refractivity contribution is 0.690. The van der Waals surface area contributed by atoms with Crippen LogP contribution < -0.4 is 0 Å². The third kappa shape index (κ3) is 0.962. The Labute approximate surface area is 44.5 Å². The zero-order valence-electron chi connectivity index (χ0n) is 3.84. The molecule has 3 heteroatoms. The van der Waals surface area contributed by atoms with Crippen LogP contribution >= 0.6 is 0 Å². The lowest BCUT2D eigenvalue weighted by atomic mass is 10.4. The van der Waals surface area contributed by atoms with Gasteiger partial charge in [-0.15, -0.1) is 11.6 Å². The number of allylic oxidation sites excluding steroid dienone is 1. The van der Waals surface area contributed by atoms with Gasteiger partial charge in [-0.25, -0.2) is 0 Å². The molecule has 1 aliphatic heterocycles. The van der Waals surface area contributed by atoms with Crippen molar-refractivity contribution in [3.63, 3.8) is 0 Å². The third-order valence-electron chi connectivity index (χ3n) is 0.590. The van der Waals surface area contributed by atoms with Gasteiger partial charge in [0.2, 0.25) is 0 Å². The highest BCUT2D eigenvalue weighted by molar-refractivity contribution is 7.87. The Morgan fingerprint density at radius 2 is 2.71 bits per heavy atom. The number of hydrogen-bond acceptors (Lipinski definition) is 1. The van der Waals surface area contributed by atoms with Crippen LogP contribution in [0.25, 0.3) is 0 Å². The van der Waals surface area contributed by atoms with Crippen LogP contribution in [-0.4, -0.2) is 10.4 Å². The number of nitrogens with zero attached hydrogens (tertiary/aromatic N) is 1. The van der Waals surface area contributed by atoms with E-state index in [0.29, 0.717) is 0 Å². The summed E-state index contributed by atoms with van der Waals surface area (Å²) in [4.78, 5) is 0. The first-order valence-corrected chi connectivity index (χ1v) is 3.02. The molecule has 0 bridgehead atoms. The molecule has 7 heavy (non-hydrogen) atoms. The van der Waals surface area contributed by atoms with Crippen LogP contribution in [0.3, 0.4) is 0 Å². The fourth-order valence-electron chi connectivity index (χ4n) is 0.321. The Morgan fingerprint density at radius 3 is 2.86 bits per heavy atom. The summed E-state index contributed by atoms with van der Waals surface area (Å²) < 4.78 is 13.7. The highest BCUT2D eigenvalue weighted by Gasteiger charge is 1.83. The summed E-state index contributed by atoms with van der Waals surface area (Å²) in [6, 6.07) is 0. The van der Waals surface area contributed by atoms with Crippen molar-refractivity contribution in [3.8, 4) is 0 Å². The van der Waals surface area contributed by atoms with Crippen molar-refractivity contribution in [2.45, 2.75) is 6.92 Å². The van der Waals surface area contributed by atoms with Gasteiger partial charge in [0.1, 0.15) is 0 Å². The molecule has 38 valence electrons. The van der Waals surface area contributed by atoms with E-state index in [1.54, 1.807) is 5.41 Å². The number of rotatable bonds is 0. The molecule has 0 aromatic heterocycles. The lowest BCUT2D eigenvalue weighted by Crippen LogP contribution is -1.65. The molecule has 1 atom stereocenters. The Balaban J connectivity index is 2.88. The minimum atomic E-state index is -1.10. The predicted octanol–water partition coefficient (Wildman–Crippen LogP) is 0.515. The van der Waals surface area contributed by atoms with Gasteiger partial charge in [-0.3, -0.25) is 4.21 Å². The number of hydrogen-bond donors (Lipinski definition) is 0. The van der Waals surface area contributed by atoms with Gasteiger partial charge < -0.3 is 4.40 Å². The SMILES string of the molecule is CC1=CS(=O)N=[C-]1. The van der Waals surface area contributed by atoms with Gasteiger partial charge in [-0.1, -0.05) is 6.92 Å². The molecule has 1 heterocycles. The van der Waals surface area contributed by atoms with Crippen LogP contribution in [-0.2, 0) is 11.0 Å². The van der Waals surface area contributed by atoms with Crippen molar-refractivity contribution in [3.05, 3.63) is 11.0 Å². The summed E-state index contributed by atoms with van der Waals surface area (Å²) in [6.45, 7) is 1.81. The molecule has 1 unspecified atom stereocenters. The minimum absolute atomic E-state index is 0.860. The molecule has 0 aliphatic carbocycles. The zero-order valence-corrected chi connectivity index (χ0v) is 4.66. The molecular formula is C4H4NOS-. The topological polar surface area (TPSA) is 29.4 Å². The van der Waals surface area contributed by atoms with Crippen molar-refractivity contribution in [1.82, 2.24) is 0 Å². The van der Waals surface area contributed by atoms with E-state index in [9.17, 15) is 4.21 Å². The molecule has 1 aliphatic rings. The molecule has 0 aromatic rings. The van der Waals surface area contributed by atoms with E-state index in [4.69, 9.17) is 0 Å². The predicted molar refractivity (Wildman–Crippen MR) is 29.3 cm³/mol. The fourth-order valence-corrected chi connectivity index (χ4v) is 0.963. The van der Waals surface area contributed by atoms with Gasteiger partial charge in [0.05, 0.1) is 11.0 Å². The maximum Gasteiger partial charge on any atom is 0.0607 e. The molecule has 2 nitrogen and oxygen atoms in total. The quantitative estimate of drug-likeness (QED) is 0.422. The van der Waals surface area contributed by atoms with Crippen molar-refractivity contribution in [1.29, 1.82) is 0 Å². The maximum absolute atomic E-state index is 10.3. The second-order valence-electron chi connectivity index (χ2n) is 1.28. The van der Waals surface area contributed by atoms with E-state index in [2.05, 4.69) is 10.6 Å². The van der Waals surface area contributed by atoms with Crippen LogP contribution in [0.4, 0.5) is 0 Å². The van der Waals surface area contributed by atoms with Crippen LogP contribution in [0, 0.1) is 0 Å². The molecule has 0 fully saturated rings. The summed E-state index contributed by atoms with van der Waals surface area (Å²) in [7, 11) is -1.10. The highest BCUT2D eigenvalue weighted by atomic mass is 32.2. The van der Waals surface area contributed by atoms with Gasteiger partial charge in [-0.05, 0) is 0 Å². The van der Waals surface area contributed by atoms with Gasteiger partial charge in [0.25, 0.3) is 0 Å². The molecular weight excluding hydrogens is 110 g/mol. The summed E-state index contributed by atoms with van der Waals surface area (Å²) in [6.07, 6.45) is 2.56. The van der Waals surface area contributed by atoms with E-state index >= 15 is 0 Å². The van der Waals surface area contributed by atoms with Gasteiger partial charge in [0.15, 0.2) is 0 Å². The molecule has 0 spiro atoms. The van der Waals surface area contributed by atoms with E-state index in [1.807, 2.05) is 6.92 Å². The molecule has 0 aromatic carbocycles. The first kappa shape index (κ1) is 4.71. The normalized spacial score (nSPS) is 28.1. The highest BCUT2D eigenvalue weighted by Crippen LogP contribution is 2.00. The van der Waals surface area contributed by atoms with Crippen LogP contribution in [0.1, 0.15) is 6.92 Å². The Bertz CT molecular complexity index is 159. The standard InChI is InChI=1S/C4H4NOS/c1-4-2-5-7(6)3-4/h3H,1H3/q-1. The van der Waals surface area contributed by atoms with Gasteiger partial charge in [-0.2, -0.15) is 5.57 Å². The average molecular weight is 114 g/mol. The molecule has 0 amide bonds. The van der Waals surface area contributed by atoms with Gasteiger partial charge >= 0.3 is 0 Å². The van der Waals surface area contributed by atoms with Crippen molar-refractivity contribution in [2.75, 3.05) is 0 Å². The summed E-state index contributed by atoms with van der Waals surface area (Å²) in [5, 5.41) is 1.56. The van der Waals surface area contributed by atoms with E-state index in [0.717, 1.165) is 5.57 Å². The Hall–Kier alpha value is -0.440. The minimum Gasteiger partial charge on any atom is -0.315 e. The molecule has 0 saturated carbocycles. The monoisotopic (exact) mass is 114 g/mol. The summed E-state index contributed by atoms with van der Waals surface area (Å²) in [5.74, 6) is 0.